The fraction of sp³-hybridized carbons (Fsp3) is 0.269. The van der Waals surface area contributed by atoms with Crippen LogP contribution in [0.4, 0.5) is 5.13 Å². The maximum atomic E-state index is 13.0. The van der Waals surface area contributed by atoms with E-state index in [0.717, 1.165) is 29.7 Å². The molecule has 1 saturated heterocycles. The van der Waals surface area contributed by atoms with Gasteiger partial charge in [-0.2, -0.15) is 4.99 Å². The summed E-state index contributed by atoms with van der Waals surface area (Å²) in [5.41, 5.74) is 2.80. The lowest BCUT2D eigenvalue weighted by atomic mass is 10.2. The molecular formula is C26H27N3O3S2. The van der Waals surface area contributed by atoms with Crippen molar-refractivity contribution in [1.29, 1.82) is 0 Å². The van der Waals surface area contributed by atoms with Gasteiger partial charge in [0.25, 0.3) is 5.91 Å². The third kappa shape index (κ3) is 5.51. The molecule has 6 nitrogen and oxygen atoms in total. The van der Waals surface area contributed by atoms with Gasteiger partial charge in [0.2, 0.25) is 5.13 Å². The topological polar surface area (TPSA) is 64.0 Å². The summed E-state index contributed by atoms with van der Waals surface area (Å²) >= 11 is 2.83. The summed E-state index contributed by atoms with van der Waals surface area (Å²) in [7, 11) is 1.62. The predicted molar refractivity (Wildman–Crippen MR) is 141 cm³/mol. The Balaban J connectivity index is 1.56. The number of hydrogen-bond acceptors (Lipinski definition) is 7. The second kappa shape index (κ2) is 11.4. The van der Waals surface area contributed by atoms with E-state index in [-0.39, 0.29) is 5.91 Å². The number of rotatable bonds is 9. The number of methoxy groups -OCH3 is 1. The molecule has 34 heavy (non-hydrogen) atoms. The third-order valence-electron chi connectivity index (χ3n) is 5.20. The zero-order chi connectivity index (χ0) is 23.9. The molecule has 0 radical (unpaired) electrons. The van der Waals surface area contributed by atoms with Crippen LogP contribution in [0.3, 0.4) is 0 Å². The van der Waals surface area contributed by atoms with Crippen molar-refractivity contribution in [2.24, 2.45) is 4.99 Å². The summed E-state index contributed by atoms with van der Waals surface area (Å²) in [5.74, 6) is 1.30. The number of aromatic nitrogens is 1. The molecule has 4 rings (SSSR count). The van der Waals surface area contributed by atoms with Gasteiger partial charge in [0, 0.05) is 17.5 Å². The second-order valence-electron chi connectivity index (χ2n) is 7.55. The first-order valence-corrected chi connectivity index (χ1v) is 12.9. The van der Waals surface area contributed by atoms with Crippen LogP contribution < -0.4 is 9.47 Å². The van der Waals surface area contributed by atoms with Crippen LogP contribution in [-0.2, 0) is 4.79 Å². The molecule has 0 spiro atoms. The highest BCUT2D eigenvalue weighted by Gasteiger charge is 2.32. The predicted octanol–water partition coefficient (Wildman–Crippen LogP) is 6.62. The van der Waals surface area contributed by atoms with Crippen molar-refractivity contribution in [3.63, 3.8) is 0 Å². The third-order valence-corrected chi connectivity index (χ3v) is 6.94. The van der Waals surface area contributed by atoms with Crippen molar-refractivity contribution in [3.8, 4) is 22.8 Å². The molecule has 1 amide bonds. The van der Waals surface area contributed by atoms with Gasteiger partial charge in [0.05, 0.1) is 24.3 Å². The minimum Gasteiger partial charge on any atom is -0.493 e. The Morgan fingerprint density at radius 2 is 1.94 bits per heavy atom. The lowest BCUT2D eigenvalue weighted by molar-refractivity contribution is -0.122. The van der Waals surface area contributed by atoms with E-state index in [1.54, 1.807) is 12.0 Å². The number of carbonyl (C=O) groups excluding carboxylic acids is 1. The number of amides is 1. The van der Waals surface area contributed by atoms with Gasteiger partial charge >= 0.3 is 0 Å². The number of thioether (sulfide) groups is 1. The van der Waals surface area contributed by atoms with Gasteiger partial charge in [0.1, 0.15) is 0 Å². The molecule has 3 aromatic rings. The fourth-order valence-corrected chi connectivity index (χ4v) is 5.18. The van der Waals surface area contributed by atoms with E-state index in [4.69, 9.17) is 14.5 Å². The van der Waals surface area contributed by atoms with Crippen LogP contribution in [0.5, 0.6) is 11.5 Å². The number of carbonyl (C=O) groups is 1. The first kappa shape index (κ1) is 24.0. The normalized spacial score (nSPS) is 16.0. The van der Waals surface area contributed by atoms with Crippen LogP contribution in [-0.4, -0.2) is 41.2 Å². The van der Waals surface area contributed by atoms with Gasteiger partial charge < -0.3 is 9.47 Å². The van der Waals surface area contributed by atoms with E-state index >= 15 is 0 Å². The minimum absolute atomic E-state index is 0.0617. The van der Waals surface area contributed by atoms with Crippen LogP contribution >= 0.6 is 23.1 Å². The van der Waals surface area contributed by atoms with Crippen LogP contribution in [0, 0.1) is 0 Å². The largest absolute Gasteiger partial charge is 0.493 e. The summed E-state index contributed by atoms with van der Waals surface area (Å²) in [6.45, 7) is 5.25. The van der Waals surface area contributed by atoms with Gasteiger partial charge in [-0.05, 0) is 48.9 Å². The standard InChI is InChI=1S/C26H27N3O3S2/c1-4-6-14-32-21-13-12-18(15-22(21)31-3)16-23-24(30)29(5-2)26(34-23)28-25-27-20(17-33-25)19-10-8-7-9-11-19/h7-13,15-17H,4-6,14H2,1-3H3/b23-16-,28-26+. The number of ether oxygens (including phenoxy) is 2. The summed E-state index contributed by atoms with van der Waals surface area (Å²) < 4.78 is 11.3. The molecule has 1 fully saturated rings. The molecule has 0 saturated carbocycles. The highest BCUT2D eigenvalue weighted by Crippen LogP contribution is 2.37. The quantitative estimate of drug-likeness (QED) is 0.248. The van der Waals surface area contributed by atoms with E-state index in [9.17, 15) is 4.79 Å². The van der Waals surface area contributed by atoms with E-state index in [0.29, 0.717) is 39.9 Å². The van der Waals surface area contributed by atoms with E-state index in [2.05, 4.69) is 11.9 Å². The summed E-state index contributed by atoms with van der Waals surface area (Å²) in [5, 5.41) is 3.25. The number of unbranched alkanes of at least 4 members (excludes halogenated alkanes) is 1. The molecule has 0 aliphatic carbocycles. The van der Waals surface area contributed by atoms with Crippen LogP contribution in [0.25, 0.3) is 17.3 Å². The number of nitrogens with zero attached hydrogens (tertiary/aromatic N) is 3. The van der Waals surface area contributed by atoms with Gasteiger partial charge in [-0.3, -0.25) is 9.69 Å². The minimum atomic E-state index is -0.0617. The van der Waals surface area contributed by atoms with Crippen molar-refractivity contribution < 1.29 is 14.3 Å². The lowest BCUT2D eigenvalue weighted by Crippen LogP contribution is -2.28. The molecule has 0 unspecified atom stereocenters. The molecule has 1 aliphatic rings. The fourth-order valence-electron chi connectivity index (χ4n) is 3.38. The highest BCUT2D eigenvalue weighted by atomic mass is 32.2. The maximum absolute atomic E-state index is 13.0. The molecule has 1 aromatic heterocycles. The summed E-state index contributed by atoms with van der Waals surface area (Å²) in [6, 6.07) is 15.7. The van der Waals surface area contributed by atoms with Crippen molar-refractivity contribution in [1.82, 2.24) is 9.88 Å². The molecule has 0 N–H and O–H groups in total. The Labute approximate surface area is 208 Å². The first-order valence-electron chi connectivity index (χ1n) is 11.2. The number of likely N-dealkylation sites (N-methyl/N-ethyl adjacent to an activating group) is 1. The Bertz CT molecular complexity index is 1210. The van der Waals surface area contributed by atoms with Crippen molar-refractivity contribution in [3.05, 3.63) is 64.4 Å². The smallest absolute Gasteiger partial charge is 0.266 e. The average Bonchev–Trinajstić information content (AvgIpc) is 3.44. The van der Waals surface area contributed by atoms with Gasteiger partial charge in [-0.1, -0.05) is 49.7 Å². The average molecular weight is 494 g/mol. The second-order valence-corrected chi connectivity index (χ2v) is 9.39. The molecule has 1 aliphatic heterocycles. The molecule has 2 heterocycles. The Kier molecular flexibility index (Phi) is 8.03. The Morgan fingerprint density at radius 1 is 1.12 bits per heavy atom. The molecule has 176 valence electrons. The van der Waals surface area contributed by atoms with Gasteiger partial charge in [-0.25, -0.2) is 4.98 Å². The summed E-state index contributed by atoms with van der Waals surface area (Å²) in [4.78, 5) is 24.7. The zero-order valence-electron chi connectivity index (χ0n) is 19.5. The maximum Gasteiger partial charge on any atom is 0.266 e. The number of hydrogen-bond donors (Lipinski definition) is 0. The number of amidine groups is 1. The van der Waals surface area contributed by atoms with Crippen LogP contribution in [0.2, 0.25) is 0 Å². The van der Waals surface area contributed by atoms with E-state index < -0.39 is 0 Å². The van der Waals surface area contributed by atoms with Gasteiger partial charge in [0.15, 0.2) is 16.7 Å². The monoisotopic (exact) mass is 493 g/mol. The molecule has 8 heteroatoms. The van der Waals surface area contributed by atoms with Crippen molar-refractivity contribution in [2.45, 2.75) is 26.7 Å². The van der Waals surface area contributed by atoms with E-state index in [1.165, 1.54) is 23.1 Å². The summed E-state index contributed by atoms with van der Waals surface area (Å²) in [6.07, 6.45) is 3.92. The Morgan fingerprint density at radius 3 is 2.68 bits per heavy atom. The molecular weight excluding hydrogens is 466 g/mol. The molecule has 0 atom stereocenters. The van der Waals surface area contributed by atoms with Gasteiger partial charge in [-0.15, -0.1) is 11.3 Å². The van der Waals surface area contributed by atoms with Crippen molar-refractivity contribution in [2.75, 3.05) is 20.3 Å². The van der Waals surface area contributed by atoms with E-state index in [1.807, 2.05) is 66.9 Å². The Hall–Kier alpha value is -3.10. The molecule has 0 bridgehead atoms. The van der Waals surface area contributed by atoms with Crippen LogP contribution in [0.15, 0.2) is 63.8 Å². The van der Waals surface area contributed by atoms with Crippen LogP contribution in [0.1, 0.15) is 32.3 Å². The highest BCUT2D eigenvalue weighted by molar-refractivity contribution is 8.18. The number of thiazole rings is 1. The molecule has 2 aromatic carbocycles. The number of benzene rings is 2. The zero-order valence-corrected chi connectivity index (χ0v) is 21.1. The van der Waals surface area contributed by atoms with Crippen molar-refractivity contribution >= 4 is 45.4 Å². The first-order chi connectivity index (χ1) is 16.6. The number of aliphatic imine (C=N–C) groups is 1. The lowest BCUT2D eigenvalue weighted by Gasteiger charge is -2.11. The SMILES string of the molecule is CCCCOc1ccc(/C=C2\S/C(=N/c3nc(-c4ccccc4)cs3)N(CC)C2=O)cc1OC.